The van der Waals surface area contributed by atoms with Crippen molar-refractivity contribution in [3.8, 4) is 6.07 Å². The van der Waals surface area contributed by atoms with Crippen molar-refractivity contribution in [3.63, 3.8) is 0 Å². The first kappa shape index (κ1) is 15.0. The number of carbonyl (C=O) groups excluding carboxylic acids is 1. The van der Waals surface area contributed by atoms with Crippen molar-refractivity contribution in [1.29, 1.82) is 5.26 Å². The van der Waals surface area contributed by atoms with Crippen molar-refractivity contribution < 1.29 is 9.90 Å². The minimum Gasteiger partial charge on any atom is -0.379 e. The molecular formula is C14H16BrN3O2. The van der Waals surface area contributed by atoms with Gasteiger partial charge in [-0.2, -0.15) is 5.26 Å². The molecule has 1 aromatic rings. The third kappa shape index (κ3) is 3.18. The summed E-state index contributed by atoms with van der Waals surface area (Å²) in [5.41, 5.74) is 5.36. The van der Waals surface area contributed by atoms with Gasteiger partial charge in [0, 0.05) is 17.6 Å². The Morgan fingerprint density at radius 3 is 3.00 bits per heavy atom. The maximum atomic E-state index is 11.3. The number of amides is 1. The molecule has 6 heteroatoms. The standard InChI is InChI=1S/C14H16BrN3O2/c15-12-3-2-10(7-16)6-11(12)8-18-5-1-4-14(20,9-18)13(17)19/h2-3,6,20H,1,4-5,8-9H2,(H2,17,19)/t14-/m0/s1. The molecule has 1 saturated heterocycles. The zero-order valence-corrected chi connectivity index (χ0v) is 12.6. The van der Waals surface area contributed by atoms with E-state index < -0.39 is 11.5 Å². The van der Waals surface area contributed by atoms with E-state index in [0.717, 1.165) is 23.0 Å². The first-order valence-electron chi connectivity index (χ1n) is 6.38. The van der Waals surface area contributed by atoms with Gasteiger partial charge < -0.3 is 10.8 Å². The summed E-state index contributed by atoms with van der Waals surface area (Å²) in [6.07, 6.45) is 1.12. The number of rotatable bonds is 3. The van der Waals surface area contributed by atoms with Crippen molar-refractivity contribution in [3.05, 3.63) is 33.8 Å². The van der Waals surface area contributed by atoms with Crippen molar-refractivity contribution in [1.82, 2.24) is 4.90 Å². The van der Waals surface area contributed by atoms with Gasteiger partial charge in [0.15, 0.2) is 5.60 Å². The summed E-state index contributed by atoms with van der Waals surface area (Å²) in [6.45, 7) is 1.58. The van der Waals surface area contributed by atoms with Gasteiger partial charge in [-0.15, -0.1) is 0 Å². The molecule has 1 aliphatic heterocycles. The van der Waals surface area contributed by atoms with Crippen LogP contribution in [0, 0.1) is 11.3 Å². The number of aliphatic hydroxyl groups is 1. The van der Waals surface area contributed by atoms with E-state index in [-0.39, 0.29) is 6.54 Å². The second-order valence-corrected chi connectivity index (χ2v) is 5.98. The summed E-state index contributed by atoms with van der Waals surface area (Å²) in [4.78, 5) is 13.3. The zero-order valence-electron chi connectivity index (χ0n) is 11.0. The minimum atomic E-state index is -1.45. The lowest BCUT2D eigenvalue weighted by Crippen LogP contribution is -2.55. The molecule has 0 radical (unpaired) electrons. The number of nitrogens with zero attached hydrogens (tertiary/aromatic N) is 2. The van der Waals surface area contributed by atoms with Crippen LogP contribution in [0.15, 0.2) is 22.7 Å². The number of nitriles is 1. The Balaban J connectivity index is 2.14. The Morgan fingerprint density at radius 1 is 1.60 bits per heavy atom. The quantitative estimate of drug-likeness (QED) is 0.865. The van der Waals surface area contributed by atoms with Crippen LogP contribution in [0.2, 0.25) is 0 Å². The average Bonchev–Trinajstić information content (AvgIpc) is 2.41. The van der Waals surface area contributed by atoms with Gasteiger partial charge in [-0.3, -0.25) is 9.69 Å². The van der Waals surface area contributed by atoms with E-state index in [1.165, 1.54) is 0 Å². The van der Waals surface area contributed by atoms with Crippen molar-refractivity contribution in [2.24, 2.45) is 5.73 Å². The topological polar surface area (TPSA) is 90.3 Å². The molecule has 1 heterocycles. The van der Waals surface area contributed by atoms with Crippen LogP contribution in [0.5, 0.6) is 0 Å². The summed E-state index contributed by atoms with van der Waals surface area (Å²) >= 11 is 3.45. The largest absolute Gasteiger partial charge is 0.379 e. The molecule has 0 bridgehead atoms. The number of primary amides is 1. The Labute approximate surface area is 126 Å². The van der Waals surface area contributed by atoms with Gasteiger partial charge in [-0.05, 0) is 43.1 Å². The van der Waals surface area contributed by atoms with Crippen LogP contribution < -0.4 is 5.73 Å². The lowest BCUT2D eigenvalue weighted by Gasteiger charge is -2.37. The highest BCUT2D eigenvalue weighted by Crippen LogP contribution is 2.25. The maximum absolute atomic E-state index is 11.3. The molecule has 1 aliphatic rings. The molecular weight excluding hydrogens is 322 g/mol. The fourth-order valence-electron chi connectivity index (χ4n) is 2.47. The Bertz CT molecular complexity index is 570. The fourth-order valence-corrected chi connectivity index (χ4v) is 2.84. The Kier molecular flexibility index (Phi) is 4.43. The highest BCUT2D eigenvalue weighted by Gasteiger charge is 2.38. The summed E-state index contributed by atoms with van der Waals surface area (Å²) in [5.74, 6) is -0.674. The van der Waals surface area contributed by atoms with Gasteiger partial charge in [-0.1, -0.05) is 15.9 Å². The van der Waals surface area contributed by atoms with E-state index in [2.05, 4.69) is 22.0 Å². The van der Waals surface area contributed by atoms with Gasteiger partial charge in [-0.25, -0.2) is 0 Å². The number of hydrogen-bond donors (Lipinski definition) is 2. The molecule has 1 atom stereocenters. The number of likely N-dealkylation sites (tertiary alicyclic amines) is 1. The SMILES string of the molecule is N#Cc1ccc(Br)c(CN2CCC[C@@](O)(C(N)=O)C2)c1. The highest BCUT2D eigenvalue weighted by molar-refractivity contribution is 9.10. The van der Waals surface area contributed by atoms with Gasteiger partial charge in [0.1, 0.15) is 0 Å². The lowest BCUT2D eigenvalue weighted by molar-refractivity contribution is -0.142. The first-order chi connectivity index (χ1) is 9.44. The Morgan fingerprint density at radius 2 is 2.35 bits per heavy atom. The number of carbonyl (C=O) groups is 1. The van der Waals surface area contributed by atoms with E-state index in [1.807, 2.05) is 17.0 Å². The van der Waals surface area contributed by atoms with Gasteiger partial charge in [0.25, 0.3) is 5.91 Å². The van der Waals surface area contributed by atoms with Crippen LogP contribution >= 0.6 is 15.9 Å². The third-order valence-corrected chi connectivity index (χ3v) is 4.35. The molecule has 106 valence electrons. The molecule has 0 aromatic heterocycles. The third-order valence-electron chi connectivity index (χ3n) is 3.58. The highest BCUT2D eigenvalue weighted by atomic mass is 79.9. The number of nitrogens with two attached hydrogens (primary N) is 1. The molecule has 0 unspecified atom stereocenters. The second-order valence-electron chi connectivity index (χ2n) is 5.13. The Hall–Kier alpha value is -1.42. The summed E-state index contributed by atoms with van der Waals surface area (Å²) in [5, 5.41) is 19.1. The minimum absolute atomic E-state index is 0.228. The number of piperidine rings is 1. The average molecular weight is 338 g/mol. The number of halogens is 1. The molecule has 3 N–H and O–H groups in total. The van der Waals surface area contributed by atoms with E-state index >= 15 is 0 Å². The molecule has 20 heavy (non-hydrogen) atoms. The molecule has 5 nitrogen and oxygen atoms in total. The predicted molar refractivity (Wildman–Crippen MR) is 77.5 cm³/mol. The second kappa shape index (κ2) is 5.92. The summed E-state index contributed by atoms with van der Waals surface area (Å²) in [6, 6.07) is 7.48. The lowest BCUT2D eigenvalue weighted by atomic mass is 9.92. The molecule has 0 saturated carbocycles. The fraction of sp³-hybridized carbons (Fsp3) is 0.429. The predicted octanol–water partition coefficient (Wildman–Crippen LogP) is 1.13. The summed E-state index contributed by atoms with van der Waals surface area (Å²) in [7, 11) is 0. The van der Waals surface area contributed by atoms with Crippen LogP contribution in [-0.4, -0.2) is 34.6 Å². The normalized spacial score (nSPS) is 23.2. The van der Waals surface area contributed by atoms with Gasteiger partial charge in [0.2, 0.25) is 0 Å². The van der Waals surface area contributed by atoms with Crippen LogP contribution in [0.3, 0.4) is 0 Å². The number of hydrogen-bond acceptors (Lipinski definition) is 4. The first-order valence-corrected chi connectivity index (χ1v) is 7.17. The van der Waals surface area contributed by atoms with Gasteiger partial charge >= 0.3 is 0 Å². The van der Waals surface area contributed by atoms with Crippen LogP contribution in [-0.2, 0) is 11.3 Å². The molecule has 2 rings (SSSR count). The van der Waals surface area contributed by atoms with Crippen LogP contribution in [0.4, 0.5) is 0 Å². The molecule has 1 aromatic carbocycles. The van der Waals surface area contributed by atoms with Crippen LogP contribution in [0.1, 0.15) is 24.0 Å². The number of benzene rings is 1. The van der Waals surface area contributed by atoms with E-state index in [0.29, 0.717) is 18.5 Å². The zero-order chi connectivity index (χ0) is 14.8. The van der Waals surface area contributed by atoms with Crippen molar-refractivity contribution in [2.45, 2.75) is 25.0 Å². The molecule has 1 amide bonds. The van der Waals surface area contributed by atoms with E-state index in [1.54, 1.807) is 6.07 Å². The van der Waals surface area contributed by atoms with Crippen molar-refractivity contribution in [2.75, 3.05) is 13.1 Å². The molecule has 1 fully saturated rings. The van der Waals surface area contributed by atoms with E-state index in [4.69, 9.17) is 11.0 Å². The monoisotopic (exact) mass is 337 g/mol. The van der Waals surface area contributed by atoms with Crippen LogP contribution in [0.25, 0.3) is 0 Å². The van der Waals surface area contributed by atoms with Gasteiger partial charge in [0.05, 0.1) is 11.6 Å². The molecule has 0 spiro atoms. The smallest absolute Gasteiger partial charge is 0.250 e. The van der Waals surface area contributed by atoms with Crippen molar-refractivity contribution >= 4 is 21.8 Å². The maximum Gasteiger partial charge on any atom is 0.250 e. The molecule has 0 aliphatic carbocycles. The number of β-amino-alcohol motifs (C(OH)–C–C–N with tert-alkyl or cyclic N) is 1. The summed E-state index contributed by atoms with van der Waals surface area (Å²) < 4.78 is 0.907. The van der Waals surface area contributed by atoms with E-state index in [9.17, 15) is 9.90 Å².